The lowest BCUT2D eigenvalue weighted by Gasteiger charge is -2.15. The van der Waals surface area contributed by atoms with E-state index in [0.29, 0.717) is 5.57 Å². The number of esters is 1. The maximum Gasteiger partial charge on any atom is 0.333 e. The fourth-order valence-electron chi connectivity index (χ4n) is 1.90. The van der Waals surface area contributed by atoms with E-state index in [4.69, 9.17) is 9.47 Å². The van der Waals surface area contributed by atoms with Gasteiger partial charge in [0.1, 0.15) is 18.5 Å². The van der Waals surface area contributed by atoms with Gasteiger partial charge in [0.15, 0.2) is 0 Å². The molecule has 1 aromatic carbocycles. The third kappa shape index (κ3) is 6.98. The van der Waals surface area contributed by atoms with Gasteiger partial charge in [-0.2, -0.15) is 0 Å². The average Bonchev–Trinajstić information content (AvgIpc) is 2.46. The molecule has 0 bridgehead atoms. The number of benzene rings is 1. The summed E-state index contributed by atoms with van der Waals surface area (Å²) in [7, 11) is 0. The molecule has 0 N–H and O–H groups in total. The topological polar surface area (TPSA) is 35.5 Å². The van der Waals surface area contributed by atoms with Crippen LogP contribution >= 0.6 is 0 Å². The zero-order valence-electron chi connectivity index (χ0n) is 13.4. The Bertz CT molecular complexity index is 448. The van der Waals surface area contributed by atoms with E-state index in [0.717, 1.165) is 12.2 Å². The molecule has 0 saturated heterocycles. The monoisotopic (exact) mass is 290 g/mol. The zero-order chi connectivity index (χ0) is 15.7. The fraction of sp³-hybridized carbons (Fsp3) is 0.500. The van der Waals surface area contributed by atoms with Crippen LogP contribution in [-0.2, 0) is 16.0 Å². The van der Waals surface area contributed by atoms with Crippen molar-refractivity contribution in [2.75, 3.05) is 6.61 Å². The van der Waals surface area contributed by atoms with Crippen LogP contribution in [0.15, 0.2) is 36.4 Å². The number of ether oxygens (including phenoxy) is 2. The summed E-state index contributed by atoms with van der Waals surface area (Å²) in [5.74, 6) is 0.421. The molecule has 0 fully saturated rings. The molecule has 1 aromatic rings. The summed E-state index contributed by atoms with van der Waals surface area (Å²) >= 11 is 0. The van der Waals surface area contributed by atoms with Crippen molar-refractivity contribution in [2.45, 2.75) is 52.6 Å². The van der Waals surface area contributed by atoms with Crippen molar-refractivity contribution >= 4 is 5.97 Å². The maximum absolute atomic E-state index is 11.3. The van der Waals surface area contributed by atoms with E-state index in [1.54, 1.807) is 6.92 Å². The number of carbonyl (C=O) groups excluding carboxylic acids is 1. The Balaban J connectivity index is 2.37. The van der Waals surface area contributed by atoms with Crippen LogP contribution in [0.3, 0.4) is 0 Å². The van der Waals surface area contributed by atoms with Crippen LogP contribution in [0.4, 0.5) is 0 Å². The lowest BCUT2D eigenvalue weighted by atomic mass is 10.1. The van der Waals surface area contributed by atoms with Gasteiger partial charge in [-0.1, -0.05) is 38.5 Å². The first-order valence-corrected chi connectivity index (χ1v) is 7.61. The second-order valence-electron chi connectivity index (χ2n) is 5.41. The first-order valence-electron chi connectivity index (χ1n) is 7.61. The standard InChI is InChI=1S/C18H26O3/c1-5-6-7-8-16-9-11-17(12-10-16)21-15(4)13-20-18(19)14(2)3/h9-12,15H,2,5-8,13H2,1,3-4H3. The smallest absolute Gasteiger partial charge is 0.333 e. The molecule has 0 heterocycles. The van der Waals surface area contributed by atoms with Crippen molar-refractivity contribution in [3.8, 4) is 5.75 Å². The Morgan fingerprint density at radius 2 is 1.90 bits per heavy atom. The summed E-state index contributed by atoms with van der Waals surface area (Å²) < 4.78 is 10.8. The first-order chi connectivity index (χ1) is 10.0. The molecule has 0 aliphatic rings. The second-order valence-corrected chi connectivity index (χ2v) is 5.41. The van der Waals surface area contributed by atoms with Crippen LogP contribution in [0.5, 0.6) is 5.75 Å². The van der Waals surface area contributed by atoms with Crippen LogP contribution in [-0.4, -0.2) is 18.7 Å². The third-order valence-corrected chi connectivity index (χ3v) is 3.13. The molecule has 0 aliphatic carbocycles. The highest BCUT2D eigenvalue weighted by atomic mass is 16.6. The minimum Gasteiger partial charge on any atom is -0.487 e. The molecular formula is C18H26O3. The highest BCUT2D eigenvalue weighted by molar-refractivity contribution is 5.86. The molecular weight excluding hydrogens is 264 g/mol. The zero-order valence-corrected chi connectivity index (χ0v) is 13.4. The Kier molecular flexibility index (Phi) is 7.59. The molecule has 3 nitrogen and oxygen atoms in total. The summed E-state index contributed by atoms with van der Waals surface area (Å²) in [6.07, 6.45) is 4.66. The summed E-state index contributed by atoms with van der Waals surface area (Å²) in [4.78, 5) is 11.3. The van der Waals surface area contributed by atoms with Gasteiger partial charge in [0, 0.05) is 5.57 Å². The lowest BCUT2D eigenvalue weighted by molar-refractivity contribution is -0.141. The summed E-state index contributed by atoms with van der Waals surface area (Å²) in [6.45, 7) is 9.48. The molecule has 0 saturated carbocycles. The van der Waals surface area contributed by atoms with E-state index in [1.807, 2.05) is 19.1 Å². The highest BCUT2D eigenvalue weighted by Gasteiger charge is 2.09. The first kappa shape index (κ1) is 17.3. The number of rotatable bonds is 9. The fourth-order valence-corrected chi connectivity index (χ4v) is 1.90. The van der Waals surface area contributed by atoms with Gasteiger partial charge >= 0.3 is 5.97 Å². The van der Waals surface area contributed by atoms with Gasteiger partial charge in [0.2, 0.25) is 0 Å². The summed E-state index contributed by atoms with van der Waals surface area (Å²) in [5, 5.41) is 0. The normalized spacial score (nSPS) is 11.8. The van der Waals surface area contributed by atoms with E-state index >= 15 is 0 Å². The molecule has 3 heteroatoms. The molecule has 0 spiro atoms. The number of aryl methyl sites for hydroxylation is 1. The number of unbranched alkanes of at least 4 members (excludes halogenated alkanes) is 2. The van der Waals surface area contributed by atoms with E-state index in [-0.39, 0.29) is 18.7 Å². The summed E-state index contributed by atoms with van der Waals surface area (Å²) in [6, 6.07) is 8.13. The SMILES string of the molecule is C=C(C)C(=O)OCC(C)Oc1ccc(CCCCC)cc1. The predicted molar refractivity (Wildman–Crippen MR) is 85.5 cm³/mol. The number of hydrogen-bond donors (Lipinski definition) is 0. The van der Waals surface area contributed by atoms with Crippen molar-refractivity contribution in [3.63, 3.8) is 0 Å². The van der Waals surface area contributed by atoms with Gasteiger partial charge in [0.05, 0.1) is 0 Å². The van der Waals surface area contributed by atoms with Crippen molar-refractivity contribution < 1.29 is 14.3 Å². The van der Waals surface area contributed by atoms with Gasteiger partial charge < -0.3 is 9.47 Å². The van der Waals surface area contributed by atoms with E-state index in [1.165, 1.54) is 24.8 Å². The Morgan fingerprint density at radius 3 is 2.48 bits per heavy atom. The predicted octanol–water partition coefficient (Wildman–Crippen LogP) is 4.31. The molecule has 1 atom stereocenters. The van der Waals surface area contributed by atoms with Crippen LogP contribution in [0.25, 0.3) is 0 Å². The van der Waals surface area contributed by atoms with Crippen LogP contribution in [0.2, 0.25) is 0 Å². The molecule has 0 amide bonds. The highest BCUT2D eigenvalue weighted by Crippen LogP contribution is 2.16. The Hall–Kier alpha value is -1.77. The lowest BCUT2D eigenvalue weighted by Crippen LogP contribution is -2.21. The number of hydrogen-bond acceptors (Lipinski definition) is 3. The number of carbonyl (C=O) groups is 1. The van der Waals surface area contributed by atoms with Gasteiger partial charge in [-0.05, 0) is 44.4 Å². The Morgan fingerprint density at radius 1 is 1.24 bits per heavy atom. The van der Waals surface area contributed by atoms with E-state index < -0.39 is 0 Å². The molecule has 0 aromatic heterocycles. The molecule has 116 valence electrons. The van der Waals surface area contributed by atoms with E-state index in [9.17, 15) is 4.79 Å². The average molecular weight is 290 g/mol. The molecule has 21 heavy (non-hydrogen) atoms. The summed E-state index contributed by atoms with van der Waals surface area (Å²) in [5.41, 5.74) is 1.73. The van der Waals surface area contributed by atoms with Crippen molar-refractivity contribution in [1.29, 1.82) is 0 Å². The largest absolute Gasteiger partial charge is 0.487 e. The van der Waals surface area contributed by atoms with Crippen molar-refractivity contribution in [1.82, 2.24) is 0 Å². The molecule has 1 unspecified atom stereocenters. The van der Waals surface area contributed by atoms with Crippen molar-refractivity contribution in [2.24, 2.45) is 0 Å². The quantitative estimate of drug-likeness (QED) is 0.386. The van der Waals surface area contributed by atoms with Crippen LogP contribution in [0, 0.1) is 0 Å². The maximum atomic E-state index is 11.3. The van der Waals surface area contributed by atoms with Gasteiger partial charge in [-0.15, -0.1) is 0 Å². The molecule has 1 rings (SSSR count). The van der Waals surface area contributed by atoms with Gasteiger partial charge in [0.25, 0.3) is 0 Å². The van der Waals surface area contributed by atoms with Crippen molar-refractivity contribution in [3.05, 3.63) is 42.0 Å². The Labute approximate surface area is 128 Å². The second kappa shape index (κ2) is 9.22. The minimum absolute atomic E-state index is 0.181. The molecule has 0 radical (unpaired) electrons. The van der Waals surface area contributed by atoms with Crippen LogP contribution < -0.4 is 4.74 Å². The van der Waals surface area contributed by atoms with Gasteiger partial charge in [-0.3, -0.25) is 0 Å². The minimum atomic E-state index is -0.378. The van der Waals surface area contributed by atoms with E-state index in [2.05, 4.69) is 25.6 Å². The van der Waals surface area contributed by atoms with Gasteiger partial charge in [-0.25, -0.2) is 4.79 Å². The third-order valence-electron chi connectivity index (χ3n) is 3.13. The van der Waals surface area contributed by atoms with Crippen LogP contribution in [0.1, 0.15) is 45.6 Å². The molecule has 0 aliphatic heterocycles.